The number of nitrogens with zero attached hydrogens (tertiary/aromatic N) is 2. The van der Waals surface area contributed by atoms with Crippen LogP contribution in [0, 0.1) is 5.92 Å². The van der Waals surface area contributed by atoms with Crippen LogP contribution in [0.15, 0.2) is 12.4 Å². The Labute approximate surface area is 88.5 Å². The zero-order valence-corrected chi connectivity index (χ0v) is 8.93. The molecule has 5 heteroatoms. The van der Waals surface area contributed by atoms with Crippen LogP contribution in [0.4, 0.5) is 5.95 Å². The maximum Gasteiger partial charge on any atom is 0.239 e. The average molecular weight is 209 g/mol. The number of hydrogen-bond donors (Lipinski definition) is 1. The molecule has 1 heterocycles. The van der Waals surface area contributed by atoms with Crippen LogP contribution in [0.3, 0.4) is 0 Å². The molecule has 0 bridgehead atoms. The lowest BCUT2D eigenvalue weighted by atomic mass is 10.2. The molecule has 0 spiro atoms. The molecule has 15 heavy (non-hydrogen) atoms. The Balaban J connectivity index is 2.83. The highest BCUT2D eigenvalue weighted by atomic mass is 16.2. The number of amides is 1. The predicted octanol–water partition coefficient (Wildman–Crippen LogP) is 0.988. The Kier molecular flexibility index (Phi) is 4.03. The van der Waals surface area contributed by atoms with E-state index in [0.29, 0.717) is 18.8 Å². The number of hydrogen-bond acceptors (Lipinski definition) is 3. The zero-order chi connectivity index (χ0) is 11.3. The second-order valence-electron chi connectivity index (χ2n) is 3.33. The smallest absolute Gasteiger partial charge is 0.239 e. The molecule has 0 saturated heterocycles. The molecule has 5 nitrogen and oxygen atoms in total. The van der Waals surface area contributed by atoms with Crippen LogP contribution in [0.5, 0.6) is 0 Å². The quantitative estimate of drug-likeness (QED) is 0.581. The first-order valence-corrected chi connectivity index (χ1v) is 4.96. The van der Waals surface area contributed by atoms with E-state index in [-0.39, 0.29) is 5.91 Å². The van der Waals surface area contributed by atoms with E-state index in [0.717, 1.165) is 6.42 Å². The molecule has 0 aromatic carbocycles. The zero-order valence-electron chi connectivity index (χ0n) is 8.93. The lowest BCUT2D eigenvalue weighted by Crippen LogP contribution is -2.37. The summed E-state index contributed by atoms with van der Waals surface area (Å²) in [5.74, 6) is -0.348. The minimum absolute atomic E-state index is 0.221. The molecule has 1 atom stereocenters. The van der Waals surface area contributed by atoms with Gasteiger partial charge in [-0.1, -0.05) is 6.92 Å². The molecule has 1 unspecified atom stereocenters. The topological polar surface area (TPSA) is 66.1 Å². The molecule has 1 amide bonds. The van der Waals surface area contributed by atoms with Gasteiger partial charge in [0.25, 0.3) is 0 Å². The van der Waals surface area contributed by atoms with Crippen molar-refractivity contribution < 1.29 is 9.59 Å². The van der Waals surface area contributed by atoms with Crippen LogP contribution < -0.4 is 4.90 Å². The number of H-pyrrole nitrogens is 1. The summed E-state index contributed by atoms with van der Waals surface area (Å²) in [6.45, 7) is 4.11. The number of anilines is 1. The number of imidazole rings is 1. The fourth-order valence-electron chi connectivity index (χ4n) is 1.25. The van der Waals surface area contributed by atoms with Gasteiger partial charge in [0, 0.05) is 18.9 Å². The van der Waals surface area contributed by atoms with Gasteiger partial charge in [0.1, 0.15) is 6.29 Å². The van der Waals surface area contributed by atoms with Gasteiger partial charge in [-0.3, -0.25) is 9.69 Å². The Hall–Kier alpha value is -1.65. The maximum atomic E-state index is 11.8. The normalized spacial score (nSPS) is 12.1. The molecule has 0 aliphatic carbocycles. The van der Waals surface area contributed by atoms with E-state index in [9.17, 15) is 9.59 Å². The summed E-state index contributed by atoms with van der Waals surface area (Å²) in [6.07, 6.45) is 4.69. The van der Waals surface area contributed by atoms with Crippen LogP contribution in [0.2, 0.25) is 0 Å². The van der Waals surface area contributed by atoms with Crippen LogP contribution in [0.25, 0.3) is 0 Å². The fourth-order valence-corrected chi connectivity index (χ4v) is 1.25. The Bertz CT molecular complexity index is 321. The highest BCUT2D eigenvalue weighted by molar-refractivity contribution is 6.01. The third-order valence-electron chi connectivity index (χ3n) is 2.05. The first kappa shape index (κ1) is 11.4. The van der Waals surface area contributed by atoms with E-state index < -0.39 is 5.92 Å². The Morgan fingerprint density at radius 2 is 2.47 bits per heavy atom. The summed E-state index contributed by atoms with van der Waals surface area (Å²) in [7, 11) is 0. The van der Waals surface area contributed by atoms with Crippen molar-refractivity contribution in [3.63, 3.8) is 0 Å². The van der Waals surface area contributed by atoms with Gasteiger partial charge in [0.2, 0.25) is 11.9 Å². The first-order chi connectivity index (χ1) is 7.20. The summed E-state index contributed by atoms with van der Waals surface area (Å²) in [5, 5.41) is 0. The monoisotopic (exact) mass is 209 g/mol. The van der Waals surface area contributed by atoms with Crippen molar-refractivity contribution in [2.75, 3.05) is 11.4 Å². The van der Waals surface area contributed by atoms with Crippen molar-refractivity contribution in [3.8, 4) is 0 Å². The number of aldehydes is 1. The van der Waals surface area contributed by atoms with Crippen LogP contribution in [-0.2, 0) is 9.59 Å². The van der Waals surface area contributed by atoms with Gasteiger partial charge in [-0.15, -0.1) is 0 Å². The van der Waals surface area contributed by atoms with E-state index >= 15 is 0 Å². The van der Waals surface area contributed by atoms with Crippen molar-refractivity contribution in [1.29, 1.82) is 0 Å². The molecule has 1 aromatic heterocycles. The van der Waals surface area contributed by atoms with Gasteiger partial charge >= 0.3 is 0 Å². The molecule has 0 aliphatic heterocycles. The lowest BCUT2D eigenvalue weighted by molar-refractivity contribution is -0.126. The van der Waals surface area contributed by atoms with Crippen molar-refractivity contribution in [2.24, 2.45) is 5.92 Å². The standard InChI is InChI=1S/C10H15N3O2/c1-3-6-13(9(15)8(2)7-14)10-11-4-5-12-10/h4-5,7-8H,3,6H2,1-2H3,(H,11,12). The summed E-state index contributed by atoms with van der Waals surface area (Å²) in [4.78, 5) is 30.7. The van der Waals surface area contributed by atoms with Crippen LogP contribution in [0.1, 0.15) is 20.3 Å². The van der Waals surface area contributed by atoms with Crippen molar-refractivity contribution in [2.45, 2.75) is 20.3 Å². The molecular weight excluding hydrogens is 194 g/mol. The van der Waals surface area contributed by atoms with E-state index in [2.05, 4.69) is 9.97 Å². The van der Waals surface area contributed by atoms with Gasteiger partial charge in [-0.25, -0.2) is 4.98 Å². The largest absolute Gasteiger partial charge is 0.331 e. The highest BCUT2D eigenvalue weighted by Crippen LogP contribution is 2.10. The third kappa shape index (κ3) is 2.65. The highest BCUT2D eigenvalue weighted by Gasteiger charge is 2.22. The van der Waals surface area contributed by atoms with Crippen LogP contribution in [-0.4, -0.2) is 28.7 Å². The summed E-state index contributed by atoms with van der Waals surface area (Å²) in [6, 6.07) is 0. The SMILES string of the molecule is CCCN(C(=O)C(C)C=O)c1ncc[nH]1. The minimum Gasteiger partial charge on any atom is -0.331 e. The second kappa shape index (κ2) is 5.29. The van der Waals surface area contributed by atoms with Gasteiger partial charge in [0.05, 0.1) is 5.92 Å². The maximum absolute atomic E-state index is 11.8. The molecule has 1 aromatic rings. The number of carbonyl (C=O) groups excluding carboxylic acids is 2. The first-order valence-electron chi connectivity index (χ1n) is 4.96. The van der Waals surface area contributed by atoms with Gasteiger partial charge in [-0.05, 0) is 13.3 Å². The van der Waals surface area contributed by atoms with Crippen molar-refractivity contribution >= 4 is 18.1 Å². The summed E-state index contributed by atoms with van der Waals surface area (Å²) < 4.78 is 0. The predicted molar refractivity (Wildman–Crippen MR) is 56.5 cm³/mol. The molecule has 0 saturated carbocycles. The number of rotatable bonds is 5. The average Bonchev–Trinajstić information content (AvgIpc) is 2.77. The number of carbonyl (C=O) groups is 2. The molecule has 0 aliphatic rings. The molecule has 0 radical (unpaired) electrons. The molecule has 1 N–H and O–H groups in total. The summed E-state index contributed by atoms with van der Waals surface area (Å²) >= 11 is 0. The Morgan fingerprint density at radius 3 is 2.93 bits per heavy atom. The molecule has 1 rings (SSSR count). The van der Waals surface area contributed by atoms with Crippen molar-refractivity contribution in [3.05, 3.63) is 12.4 Å². The molecule has 0 fully saturated rings. The van der Waals surface area contributed by atoms with E-state index in [1.807, 2.05) is 6.92 Å². The van der Waals surface area contributed by atoms with Crippen LogP contribution >= 0.6 is 0 Å². The van der Waals surface area contributed by atoms with E-state index in [1.165, 1.54) is 4.90 Å². The lowest BCUT2D eigenvalue weighted by Gasteiger charge is -2.20. The minimum atomic E-state index is -0.623. The van der Waals surface area contributed by atoms with Gasteiger partial charge in [0.15, 0.2) is 0 Å². The fraction of sp³-hybridized carbons (Fsp3) is 0.500. The van der Waals surface area contributed by atoms with E-state index in [4.69, 9.17) is 0 Å². The summed E-state index contributed by atoms with van der Waals surface area (Å²) in [5.41, 5.74) is 0. The van der Waals surface area contributed by atoms with Gasteiger partial charge < -0.3 is 9.78 Å². The number of aromatic nitrogens is 2. The second-order valence-corrected chi connectivity index (χ2v) is 3.33. The molecule has 82 valence electrons. The number of aromatic amines is 1. The van der Waals surface area contributed by atoms with Crippen molar-refractivity contribution in [1.82, 2.24) is 9.97 Å². The molecular formula is C10H15N3O2. The number of nitrogens with one attached hydrogen (secondary N) is 1. The van der Waals surface area contributed by atoms with E-state index in [1.54, 1.807) is 19.3 Å². The third-order valence-corrected chi connectivity index (χ3v) is 2.05. The van der Waals surface area contributed by atoms with Gasteiger partial charge in [-0.2, -0.15) is 0 Å². The Morgan fingerprint density at radius 1 is 1.73 bits per heavy atom.